The molecule has 1 aliphatic heterocycles. The number of benzene rings is 1. The smallest absolute Gasteiger partial charge is 0.101 e. The molecule has 2 atom stereocenters. The van der Waals surface area contributed by atoms with E-state index in [1.807, 2.05) is 19.1 Å². The van der Waals surface area contributed by atoms with E-state index in [2.05, 4.69) is 11.0 Å². The van der Waals surface area contributed by atoms with Gasteiger partial charge in [-0.3, -0.25) is 0 Å². The average Bonchev–Trinajstić information content (AvgIpc) is 2.87. The Morgan fingerprint density at radius 1 is 1.56 bits per heavy atom. The van der Waals surface area contributed by atoms with Gasteiger partial charge in [-0.05, 0) is 31.0 Å². The van der Waals surface area contributed by atoms with Crippen LogP contribution in [0.4, 0.5) is 5.69 Å². The second kappa shape index (κ2) is 5.38. The fourth-order valence-electron chi connectivity index (χ4n) is 2.45. The molecule has 0 saturated carbocycles. The van der Waals surface area contributed by atoms with Crippen LogP contribution in [0.25, 0.3) is 0 Å². The van der Waals surface area contributed by atoms with Gasteiger partial charge in [0.05, 0.1) is 24.0 Å². The first-order valence-electron chi connectivity index (χ1n) is 6.22. The van der Waals surface area contributed by atoms with Crippen molar-refractivity contribution in [1.82, 2.24) is 0 Å². The molecule has 0 amide bonds. The number of nitrogens with zero attached hydrogens (tertiary/aromatic N) is 2. The van der Waals surface area contributed by atoms with Crippen molar-refractivity contribution >= 4 is 5.69 Å². The Labute approximate surface area is 107 Å². The predicted octanol–water partition coefficient (Wildman–Crippen LogP) is 1.26. The van der Waals surface area contributed by atoms with Gasteiger partial charge in [0.15, 0.2) is 0 Å². The molecule has 1 heterocycles. The normalized spacial score (nSPS) is 20.8. The Hall–Kier alpha value is -1.57. The molecule has 2 rings (SSSR count). The zero-order valence-corrected chi connectivity index (χ0v) is 10.5. The summed E-state index contributed by atoms with van der Waals surface area (Å²) in [4.78, 5) is 2.14. The van der Waals surface area contributed by atoms with Gasteiger partial charge >= 0.3 is 0 Å². The third-order valence-corrected chi connectivity index (χ3v) is 3.61. The second-order valence-corrected chi connectivity index (χ2v) is 4.86. The SMILES string of the molecule is CC(O)C1CCN(c2ccc(CO)cc2C#N)C1. The van der Waals surface area contributed by atoms with E-state index in [9.17, 15) is 5.11 Å². The van der Waals surface area contributed by atoms with Crippen LogP contribution < -0.4 is 4.90 Å². The van der Waals surface area contributed by atoms with Crippen molar-refractivity contribution in [3.05, 3.63) is 29.3 Å². The number of anilines is 1. The van der Waals surface area contributed by atoms with Crippen molar-refractivity contribution in [3.63, 3.8) is 0 Å². The molecule has 0 spiro atoms. The van der Waals surface area contributed by atoms with E-state index in [1.165, 1.54) is 0 Å². The van der Waals surface area contributed by atoms with Gasteiger partial charge in [-0.1, -0.05) is 6.07 Å². The highest BCUT2D eigenvalue weighted by Gasteiger charge is 2.27. The third kappa shape index (κ3) is 2.47. The van der Waals surface area contributed by atoms with Crippen LogP contribution in [0.5, 0.6) is 0 Å². The molecule has 0 radical (unpaired) electrons. The van der Waals surface area contributed by atoms with E-state index < -0.39 is 0 Å². The molecule has 4 nitrogen and oxygen atoms in total. The average molecular weight is 246 g/mol. The lowest BCUT2D eigenvalue weighted by Gasteiger charge is -2.21. The number of aliphatic hydroxyl groups is 2. The Kier molecular flexibility index (Phi) is 3.85. The summed E-state index contributed by atoms with van der Waals surface area (Å²) < 4.78 is 0. The highest BCUT2D eigenvalue weighted by molar-refractivity contribution is 5.61. The van der Waals surface area contributed by atoms with Gasteiger partial charge in [0, 0.05) is 19.0 Å². The van der Waals surface area contributed by atoms with Crippen LogP contribution in [0.3, 0.4) is 0 Å². The molecular weight excluding hydrogens is 228 g/mol. The molecule has 0 aromatic heterocycles. The topological polar surface area (TPSA) is 67.5 Å². The maximum absolute atomic E-state index is 9.60. The number of aliphatic hydroxyl groups excluding tert-OH is 2. The van der Waals surface area contributed by atoms with Gasteiger partial charge in [0.2, 0.25) is 0 Å². The molecule has 2 unspecified atom stereocenters. The molecule has 18 heavy (non-hydrogen) atoms. The van der Waals surface area contributed by atoms with Gasteiger partial charge < -0.3 is 15.1 Å². The third-order valence-electron chi connectivity index (χ3n) is 3.61. The minimum absolute atomic E-state index is 0.0503. The molecule has 96 valence electrons. The summed E-state index contributed by atoms with van der Waals surface area (Å²) in [6, 6.07) is 7.63. The van der Waals surface area contributed by atoms with Crippen LogP contribution in [0.15, 0.2) is 18.2 Å². The van der Waals surface area contributed by atoms with Crippen LogP contribution in [0, 0.1) is 17.2 Å². The van der Waals surface area contributed by atoms with Crippen LogP contribution >= 0.6 is 0 Å². The lowest BCUT2D eigenvalue weighted by molar-refractivity contribution is 0.136. The standard InChI is InChI=1S/C14H18N2O2/c1-10(18)12-4-5-16(8-12)14-3-2-11(9-17)6-13(14)7-15/h2-3,6,10,12,17-18H,4-5,8-9H2,1H3. The van der Waals surface area contributed by atoms with Crippen molar-refractivity contribution < 1.29 is 10.2 Å². The van der Waals surface area contributed by atoms with Gasteiger partial charge in [0.25, 0.3) is 0 Å². The number of nitriles is 1. The Morgan fingerprint density at radius 3 is 2.89 bits per heavy atom. The molecule has 4 heteroatoms. The Balaban J connectivity index is 2.22. The van der Waals surface area contributed by atoms with E-state index in [-0.39, 0.29) is 18.6 Å². The first-order valence-corrected chi connectivity index (χ1v) is 6.22. The van der Waals surface area contributed by atoms with Crippen molar-refractivity contribution in [3.8, 4) is 6.07 Å². The molecule has 1 aliphatic rings. The number of hydrogen-bond donors (Lipinski definition) is 2. The molecular formula is C14H18N2O2. The largest absolute Gasteiger partial charge is 0.393 e. The highest BCUT2D eigenvalue weighted by Crippen LogP contribution is 2.29. The molecule has 0 bridgehead atoms. The van der Waals surface area contributed by atoms with Crippen LogP contribution in [-0.2, 0) is 6.61 Å². The van der Waals surface area contributed by atoms with Crippen molar-refractivity contribution in [2.24, 2.45) is 5.92 Å². The fraction of sp³-hybridized carbons (Fsp3) is 0.500. The minimum Gasteiger partial charge on any atom is -0.393 e. The monoisotopic (exact) mass is 246 g/mol. The summed E-state index contributed by atoms with van der Waals surface area (Å²) in [6.45, 7) is 3.41. The van der Waals surface area contributed by atoms with E-state index in [1.54, 1.807) is 6.07 Å². The number of rotatable bonds is 3. The van der Waals surface area contributed by atoms with E-state index >= 15 is 0 Å². The second-order valence-electron chi connectivity index (χ2n) is 4.86. The maximum atomic E-state index is 9.60. The van der Waals surface area contributed by atoms with Crippen LogP contribution in [0.2, 0.25) is 0 Å². The first kappa shape index (κ1) is 12.9. The van der Waals surface area contributed by atoms with Gasteiger partial charge in [-0.2, -0.15) is 5.26 Å². The maximum Gasteiger partial charge on any atom is 0.101 e. The van der Waals surface area contributed by atoms with Gasteiger partial charge in [0.1, 0.15) is 6.07 Å². The van der Waals surface area contributed by atoms with E-state index in [0.717, 1.165) is 30.8 Å². The fourth-order valence-corrected chi connectivity index (χ4v) is 2.45. The molecule has 1 aromatic carbocycles. The van der Waals surface area contributed by atoms with Gasteiger partial charge in [-0.25, -0.2) is 0 Å². The van der Waals surface area contributed by atoms with Gasteiger partial charge in [-0.15, -0.1) is 0 Å². The summed E-state index contributed by atoms with van der Waals surface area (Å²) in [5.41, 5.74) is 2.24. The minimum atomic E-state index is -0.308. The van der Waals surface area contributed by atoms with Crippen LogP contribution in [-0.4, -0.2) is 29.4 Å². The number of hydrogen-bond acceptors (Lipinski definition) is 4. The molecule has 0 aliphatic carbocycles. The highest BCUT2D eigenvalue weighted by atomic mass is 16.3. The lowest BCUT2D eigenvalue weighted by Crippen LogP contribution is -2.24. The van der Waals surface area contributed by atoms with E-state index in [4.69, 9.17) is 10.4 Å². The van der Waals surface area contributed by atoms with Crippen molar-refractivity contribution in [2.75, 3.05) is 18.0 Å². The molecule has 1 saturated heterocycles. The molecule has 1 aromatic rings. The Bertz CT molecular complexity index is 465. The first-order chi connectivity index (χ1) is 8.65. The molecule has 1 fully saturated rings. The summed E-state index contributed by atoms with van der Waals surface area (Å²) in [5, 5.41) is 27.8. The lowest BCUT2D eigenvalue weighted by atomic mass is 10.0. The summed E-state index contributed by atoms with van der Waals surface area (Å²) >= 11 is 0. The molecule has 2 N–H and O–H groups in total. The summed E-state index contributed by atoms with van der Waals surface area (Å²) in [6.07, 6.45) is 0.641. The predicted molar refractivity (Wildman–Crippen MR) is 69.1 cm³/mol. The van der Waals surface area contributed by atoms with Crippen LogP contribution in [0.1, 0.15) is 24.5 Å². The summed E-state index contributed by atoms with van der Waals surface area (Å²) in [7, 11) is 0. The quantitative estimate of drug-likeness (QED) is 0.842. The zero-order valence-electron chi connectivity index (χ0n) is 10.5. The Morgan fingerprint density at radius 2 is 2.33 bits per heavy atom. The zero-order chi connectivity index (χ0) is 13.1. The van der Waals surface area contributed by atoms with Crippen molar-refractivity contribution in [1.29, 1.82) is 5.26 Å². The van der Waals surface area contributed by atoms with E-state index in [0.29, 0.717) is 5.56 Å². The van der Waals surface area contributed by atoms with Crippen molar-refractivity contribution in [2.45, 2.75) is 26.1 Å². The summed E-state index contributed by atoms with van der Waals surface area (Å²) in [5.74, 6) is 0.272.